The van der Waals surface area contributed by atoms with Gasteiger partial charge in [0, 0.05) is 37.0 Å². The lowest BCUT2D eigenvalue weighted by Crippen LogP contribution is -2.55. The summed E-state index contributed by atoms with van der Waals surface area (Å²) in [6.07, 6.45) is 5.12. The van der Waals surface area contributed by atoms with E-state index in [1.54, 1.807) is 0 Å². The van der Waals surface area contributed by atoms with Crippen LogP contribution in [0, 0.1) is 0 Å². The molecule has 1 aliphatic heterocycles. The number of likely N-dealkylation sites (tertiary alicyclic amines) is 1. The van der Waals surface area contributed by atoms with E-state index in [0.717, 1.165) is 61.9 Å². The van der Waals surface area contributed by atoms with E-state index in [0.29, 0.717) is 12.0 Å². The zero-order valence-corrected chi connectivity index (χ0v) is 15.9. The largest absolute Gasteiger partial charge is 0.460 e. The van der Waals surface area contributed by atoms with Crippen molar-refractivity contribution in [2.24, 2.45) is 0 Å². The number of aryl methyl sites for hydroxylation is 1. The molecule has 0 unspecified atom stereocenters. The number of rotatable bonds is 7. The first kappa shape index (κ1) is 18.9. The second-order valence-electron chi connectivity index (χ2n) is 7.51. The summed E-state index contributed by atoms with van der Waals surface area (Å²) in [4.78, 5) is 15.5. The standard InChI is InChI=1S/C21H30N2O3/c1-3-4-8-18-19(16-7-5-6-9-17(16)26-18)20(25)22-21(12-15-24)10-13-23(2)14-11-21/h5-7,9,24H,3-4,8,10-15H2,1-2H3,(H,22,25). The highest BCUT2D eigenvalue weighted by molar-refractivity contribution is 6.07. The van der Waals surface area contributed by atoms with Gasteiger partial charge in [0.05, 0.1) is 5.56 Å². The molecule has 2 heterocycles. The Bertz CT molecular complexity index is 745. The molecule has 142 valence electrons. The number of aliphatic hydroxyl groups is 1. The van der Waals surface area contributed by atoms with E-state index in [1.807, 2.05) is 24.3 Å². The number of nitrogens with zero attached hydrogens (tertiary/aromatic N) is 1. The number of para-hydroxylation sites is 1. The summed E-state index contributed by atoms with van der Waals surface area (Å²) < 4.78 is 6.00. The lowest BCUT2D eigenvalue weighted by molar-refractivity contribution is 0.0778. The normalized spacial score (nSPS) is 17.5. The smallest absolute Gasteiger partial charge is 0.255 e. The first-order valence-electron chi connectivity index (χ1n) is 9.71. The molecule has 2 aromatic rings. The van der Waals surface area contributed by atoms with Crippen LogP contribution < -0.4 is 5.32 Å². The van der Waals surface area contributed by atoms with Crippen molar-refractivity contribution in [2.75, 3.05) is 26.7 Å². The number of piperidine rings is 1. The van der Waals surface area contributed by atoms with Crippen LogP contribution in [-0.4, -0.2) is 48.2 Å². The van der Waals surface area contributed by atoms with Gasteiger partial charge in [-0.05, 0) is 38.8 Å². The maximum atomic E-state index is 13.3. The van der Waals surface area contributed by atoms with E-state index in [2.05, 4.69) is 24.2 Å². The van der Waals surface area contributed by atoms with Crippen molar-refractivity contribution in [3.8, 4) is 0 Å². The monoisotopic (exact) mass is 358 g/mol. The second-order valence-corrected chi connectivity index (χ2v) is 7.51. The number of amides is 1. The molecule has 0 saturated carbocycles. The Morgan fingerprint density at radius 3 is 2.73 bits per heavy atom. The van der Waals surface area contributed by atoms with Gasteiger partial charge < -0.3 is 19.7 Å². The number of benzene rings is 1. The predicted molar refractivity (Wildman–Crippen MR) is 103 cm³/mol. The van der Waals surface area contributed by atoms with E-state index in [1.165, 1.54) is 0 Å². The van der Waals surface area contributed by atoms with Crippen LogP contribution in [0.1, 0.15) is 55.1 Å². The van der Waals surface area contributed by atoms with E-state index in [4.69, 9.17) is 4.42 Å². The maximum absolute atomic E-state index is 13.3. The number of carbonyl (C=O) groups excluding carboxylic acids is 1. The number of nitrogens with one attached hydrogen (secondary N) is 1. The van der Waals surface area contributed by atoms with Crippen LogP contribution in [0.4, 0.5) is 0 Å². The first-order chi connectivity index (χ1) is 12.6. The van der Waals surface area contributed by atoms with Crippen molar-refractivity contribution < 1.29 is 14.3 Å². The van der Waals surface area contributed by atoms with Crippen molar-refractivity contribution in [1.29, 1.82) is 0 Å². The molecule has 2 N–H and O–H groups in total. The minimum Gasteiger partial charge on any atom is -0.460 e. The zero-order chi connectivity index (χ0) is 18.6. The topological polar surface area (TPSA) is 65.7 Å². The van der Waals surface area contributed by atoms with Gasteiger partial charge in [-0.25, -0.2) is 0 Å². The van der Waals surface area contributed by atoms with Crippen molar-refractivity contribution in [1.82, 2.24) is 10.2 Å². The van der Waals surface area contributed by atoms with E-state index >= 15 is 0 Å². The highest BCUT2D eigenvalue weighted by atomic mass is 16.3. The molecule has 0 bridgehead atoms. The Labute approximate surface area is 155 Å². The molecule has 5 nitrogen and oxygen atoms in total. The fourth-order valence-electron chi connectivity index (χ4n) is 3.86. The van der Waals surface area contributed by atoms with Gasteiger partial charge in [-0.3, -0.25) is 4.79 Å². The van der Waals surface area contributed by atoms with Gasteiger partial charge in [-0.1, -0.05) is 31.5 Å². The summed E-state index contributed by atoms with van der Waals surface area (Å²) >= 11 is 0. The lowest BCUT2D eigenvalue weighted by Gasteiger charge is -2.41. The van der Waals surface area contributed by atoms with Gasteiger partial charge in [0.1, 0.15) is 11.3 Å². The Morgan fingerprint density at radius 1 is 1.31 bits per heavy atom. The average Bonchev–Trinajstić information content (AvgIpc) is 3.01. The summed E-state index contributed by atoms with van der Waals surface area (Å²) in [6.45, 7) is 4.07. The maximum Gasteiger partial charge on any atom is 0.255 e. The lowest BCUT2D eigenvalue weighted by atomic mass is 9.84. The van der Waals surface area contributed by atoms with Crippen LogP contribution in [-0.2, 0) is 6.42 Å². The Kier molecular flexibility index (Phi) is 5.99. The second kappa shape index (κ2) is 8.23. The highest BCUT2D eigenvalue weighted by Gasteiger charge is 2.36. The number of fused-ring (bicyclic) bond motifs is 1. The third-order valence-electron chi connectivity index (χ3n) is 5.57. The molecule has 1 saturated heterocycles. The number of furan rings is 1. The number of hydrogen-bond acceptors (Lipinski definition) is 4. The molecule has 1 fully saturated rings. The van der Waals surface area contributed by atoms with Crippen LogP contribution in [0.3, 0.4) is 0 Å². The van der Waals surface area contributed by atoms with E-state index in [-0.39, 0.29) is 18.1 Å². The fourth-order valence-corrected chi connectivity index (χ4v) is 3.86. The molecule has 1 aliphatic rings. The van der Waals surface area contributed by atoms with Crippen molar-refractivity contribution in [2.45, 2.75) is 51.0 Å². The molecule has 0 spiro atoms. The quantitative estimate of drug-likeness (QED) is 0.797. The van der Waals surface area contributed by atoms with Crippen molar-refractivity contribution in [3.05, 3.63) is 35.6 Å². The number of carbonyl (C=O) groups is 1. The molecule has 1 aromatic heterocycles. The summed E-state index contributed by atoms with van der Waals surface area (Å²) in [6, 6.07) is 7.75. The summed E-state index contributed by atoms with van der Waals surface area (Å²) in [5.41, 5.74) is 1.10. The molecule has 26 heavy (non-hydrogen) atoms. The summed E-state index contributed by atoms with van der Waals surface area (Å²) in [7, 11) is 2.09. The van der Waals surface area contributed by atoms with Crippen LogP contribution in [0.5, 0.6) is 0 Å². The van der Waals surface area contributed by atoms with Crippen LogP contribution in [0.15, 0.2) is 28.7 Å². The Morgan fingerprint density at radius 2 is 2.04 bits per heavy atom. The molecule has 0 aliphatic carbocycles. The number of unbranched alkanes of at least 4 members (excludes halogenated alkanes) is 1. The molecular formula is C21H30N2O3. The zero-order valence-electron chi connectivity index (χ0n) is 15.9. The number of hydrogen-bond donors (Lipinski definition) is 2. The van der Waals surface area contributed by atoms with E-state index < -0.39 is 0 Å². The molecule has 1 amide bonds. The highest BCUT2D eigenvalue weighted by Crippen LogP contribution is 2.30. The van der Waals surface area contributed by atoms with Crippen LogP contribution in [0.2, 0.25) is 0 Å². The molecule has 1 aromatic carbocycles. The van der Waals surface area contributed by atoms with Gasteiger partial charge in [0.15, 0.2) is 0 Å². The molecule has 0 atom stereocenters. The van der Waals surface area contributed by atoms with Crippen LogP contribution >= 0.6 is 0 Å². The number of aliphatic hydroxyl groups excluding tert-OH is 1. The Hall–Kier alpha value is -1.85. The van der Waals surface area contributed by atoms with E-state index in [9.17, 15) is 9.90 Å². The fraction of sp³-hybridized carbons (Fsp3) is 0.571. The minimum absolute atomic E-state index is 0.0703. The SMILES string of the molecule is CCCCc1oc2ccccc2c1C(=O)NC1(CCO)CCN(C)CC1. The third kappa shape index (κ3) is 3.94. The average molecular weight is 358 g/mol. The first-order valence-corrected chi connectivity index (χ1v) is 9.71. The van der Waals surface area contributed by atoms with Gasteiger partial charge in [-0.15, -0.1) is 0 Å². The third-order valence-corrected chi connectivity index (χ3v) is 5.57. The molecule has 0 radical (unpaired) electrons. The Balaban J connectivity index is 1.90. The molecule has 3 rings (SSSR count). The predicted octanol–water partition coefficient (Wildman–Crippen LogP) is 3.35. The van der Waals surface area contributed by atoms with Crippen molar-refractivity contribution in [3.63, 3.8) is 0 Å². The molecule has 5 heteroatoms. The summed E-state index contributed by atoms with van der Waals surface area (Å²) in [5.74, 6) is 0.705. The van der Waals surface area contributed by atoms with Crippen molar-refractivity contribution >= 4 is 16.9 Å². The minimum atomic E-state index is -0.335. The van der Waals surface area contributed by atoms with Gasteiger partial charge in [0.2, 0.25) is 0 Å². The van der Waals surface area contributed by atoms with Crippen LogP contribution in [0.25, 0.3) is 11.0 Å². The molecular weight excluding hydrogens is 328 g/mol. The van der Waals surface area contributed by atoms with Gasteiger partial charge in [0.25, 0.3) is 5.91 Å². The van der Waals surface area contributed by atoms with Gasteiger partial charge >= 0.3 is 0 Å². The van der Waals surface area contributed by atoms with Gasteiger partial charge in [-0.2, -0.15) is 0 Å². The summed E-state index contributed by atoms with van der Waals surface area (Å²) in [5, 5.41) is 13.7.